The van der Waals surface area contributed by atoms with Gasteiger partial charge in [0.1, 0.15) is 17.7 Å². The van der Waals surface area contributed by atoms with E-state index in [9.17, 15) is 18.4 Å². The molecule has 6 heteroatoms. The molecular formula is C17H16F2N2O2. The van der Waals surface area contributed by atoms with E-state index in [4.69, 9.17) is 0 Å². The highest BCUT2D eigenvalue weighted by Crippen LogP contribution is 2.15. The van der Waals surface area contributed by atoms with Gasteiger partial charge < -0.3 is 10.6 Å². The zero-order valence-corrected chi connectivity index (χ0v) is 12.7. The minimum absolute atomic E-state index is 0.145. The number of aryl methyl sites for hydroxylation is 1. The highest BCUT2D eigenvalue weighted by molar-refractivity contribution is 6.01. The van der Waals surface area contributed by atoms with Crippen LogP contribution in [-0.4, -0.2) is 17.9 Å². The Labute approximate surface area is 132 Å². The zero-order valence-electron chi connectivity index (χ0n) is 12.7. The van der Waals surface area contributed by atoms with E-state index in [0.29, 0.717) is 11.6 Å². The van der Waals surface area contributed by atoms with Gasteiger partial charge in [-0.3, -0.25) is 9.59 Å². The fourth-order valence-corrected chi connectivity index (χ4v) is 1.96. The van der Waals surface area contributed by atoms with Gasteiger partial charge in [0.25, 0.3) is 5.91 Å². The molecule has 23 heavy (non-hydrogen) atoms. The van der Waals surface area contributed by atoms with E-state index in [-0.39, 0.29) is 5.69 Å². The molecular weight excluding hydrogens is 302 g/mol. The van der Waals surface area contributed by atoms with Crippen molar-refractivity contribution in [2.45, 2.75) is 19.9 Å². The first-order chi connectivity index (χ1) is 10.9. The highest BCUT2D eigenvalue weighted by Gasteiger charge is 2.18. The number of carbonyl (C=O) groups is 2. The van der Waals surface area contributed by atoms with Crippen molar-refractivity contribution in [3.05, 3.63) is 65.2 Å². The van der Waals surface area contributed by atoms with Crippen LogP contribution in [0.3, 0.4) is 0 Å². The Morgan fingerprint density at radius 3 is 2.48 bits per heavy atom. The SMILES string of the molecule is Cc1cccc(C(=O)N[C@@H](C)C(=O)Nc2ccc(F)cc2F)c1. The van der Waals surface area contributed by atoms with Gasteiger partial charge in [-0.15, -0.1) is 0 Å². The molecule has 0 saturated heterocycles. The summed E-state index contributed by atoms with van der Waals surface area (Å²) in [4.78, 5) is 24.1. The summed E-state index contributed by atoms with van der Waals surface area (Å²) in [7, 11) is 0. The molecule has 0 spiro atoms. The molecule has 2 N–H and O–H groups in total. The minimum atomic E-state index is -0.882. The molecule has 0 fully saturated rings. The van der Waals surface area contributed by atoms with Gasteiger partial charge in [-0.05, 0) is 38.1 Å². The minimum Gasteiger partial charge on any atom is -0.341 e. The second kappa shape index (κ2) is 7.00. The van der Waals surface area contributed by atoms with Gasteiger partial charge in [0, 0.05) is 11.6 Å². The zero-order chi connectivity index (χ0) is 17.0. The van der Waals surface area contributed by atoms with Crippen LogP contribution in [0.1, 0.15) is 22.8 Å². The third-order valence-electron chi connectivity index (χ3n) is 3.21. The number of benzene rings is 2. The van der Waals surface area contributed by atoms with Crippen molar-refractivity contribution in [2.75, 3.05) is 5.32 Å². The van der Waals surface area contributed by atoms with Crippen LogP contribution >= 0.6 is 0 Å². The van der Waals surface area contributed by atoms with Crippen LogP contribution in [0.2, 0.25) is 0 Å². The summed E-state index contributed by atoms with van der Waals surface area (Å²) in [5.41, 5.74) is 1.20. The molecule has 0 aliphatic carbocycles. The van der Waals surface area contributed by atoms with Crippen molar-refractivity contribution < 1.29 is 18.4 Å². The van der Waals surface area contributed by atoms with Gasteiger partial charge in [0.2, 0.25) is 5.91 Å². The fourth-order valence-electron chi connectivity index (χ4n) is 1.96. The Morgan fingerprint density at radius 1 is 1.09 bits per heavy atom. The molecule has 0 bridgehead atoms. The first-order valence-electron chi connectivity index (χ1n) is 7.00. The lowest BCUT2D eigenvalue weighted by Crippen LogP contribution is -2.41. The summed E-state index contributed by atoms with van der Waals surface area (Å²) in [6, 6.07) is 8.87. The van der Waals surface area contributed by atoms with Gasteiger partial charge in [0.05, 0.1) is 5.69 Å². The number of rotatable bonds is 4. The average Bonchev–Trinajstić information content (AvgIpc) is 2.49. The topological polar surface area (TPSA) is 58.2 Å². The van der Waals surface area contributed by atoms with Crippen molar-refractivity contribution >= 4 is 17.5 Å². The Kier molecular flexibility index (Phi) is 5.05. The molecule has 120 valence electrons. The predicted molar refractivity (Wildman–Crippen MR) is 83.1 cm³/mol. The monoisotopic (exact) mass is 318 g/mol. The second-order valence-electron chi connectivity index (χ2n) is 5.18. The first-order valence-corrected chi connectivity index (χ1v) is 7.00. The van der Waals surface area contributed by atoms with Crippen LogP contribution in [0.5, 0.6) is 0 Å². The number of nitrogens with one attached hydrogen (secondary N) is 2. The molecule has 0 unspecified atom stereocenters. The van der Waals surface area contributed by atoms with Crippen LogP contribution in [0.4, 0.5) is 14.5 Å². The Bertz CT molecular complexity index is 747. The van der Waals surface area contributed by atoms with Gasteiger partial charge in [0.15, 0.2) is 0 Å². The molecule has 1 atom stereocenters. The average molecular weight is 318 g/mol. The third kappa shape index (κ3) is 4.35. The Hall–Kier alpha value is -2.76. The molecule has 0 heterocycles. The van der Waals surface area contributed by atoms with E-state index in [2.05, 4.69) is 10.6 Å². The van der Waals surface area contributed by atoms with Crippen LogP contribution in [0.15, 0.2) is 42.5 Å². The summed E-state index contributed by atoms with van der Waals surface area (Å²) in [5, 5.41) is 4.84. The van der Waals surface area contributed by atoms with Crippen LogP contribution in [0.25, 0.3) is 0 Å². The number of hydrogen-bond acceptors (Lipinski definition) is 2. The number of amides is 2. The quantitative estimate of drug-likeness (QED) is 0.910. The van der Waals surface area contributed by atoms with Crippen molar-refractivity contribution in [3.8, 4) is 0 Å². The smallest absolute Gasteiger partial charge is 0.251 e. The lowest BCUT2D eigenvalue weighted by Gasteiger charge is -2.14. The van der Waals surface area contributed by atoms with E-state index in [0.717, 1.165) is 17.7 Å². The molecule has 0 radical (unpaired) electrons. The molecule has 2 aromatic rings. The lowest BCUT2D eigenvalue weighted by atomic mass is 10.1. The molecule has 2 aromatic carbocycles. The molecule has 0 aliphatic rings. The van der Waals surface area contributed by atoms with Gasteiger partial charge in [-0.2, -0.15) is 0 Å². The third-order valence-corrected chi connectivity index (χ3v) is 3.21. The standard InChI is InChI=1S/C17H16F2N2O2/c1-10-4-3-5-12(8-10)17(23)20-11(2)16(22)21-15-7-6-13(18)9-14(15)19/h3-9,11H,1-2H3,(H,20,23)(H,21,22)/t11-/m0/s1. The van der Waals surface area contributed by atoms with E-state index in [1.807, 2.05) is 13.0 Å². The molecule has 4 nitrogen and oxygen atoms in total. The van der Waals surface area contributed by atoms with Crippen molar-refractivity contribution in [2.24, 2.45) is 0 Å². The highest BCUT2D eigenvalue weighted by atomic mass is 19.1. The normalized spacial score (nSPS) is 11.7. The molecule has 0 aliphatic heterocycles. The van der Waals surface area contributed by atoms with E-state index >= 15 is 0 Å². The fraction of sp³-hybridized carbons (Fsp3) is 0.176. The van der Waals surface area contributed by atoms with Crippen molar-refractivity contribution in [1.82, 2.24) is 5.32 Å². The lowest BCUT2D eigenvalue weighted by molar-refractivity contribution is -0.117. The van der Waals surface area contributed by atoms with E-state index < -0.39 is 29.5 Å². The molecule has 0 aromatic heterocycles. The first kappa shape index (κ1) is 16.6. The molecule has 2 amide bonds. The maximum Gasteiger partial charge on any atom is 0.251 e. The van der Waals surface area contributed by atoms with Gasteiger partial charge in [-0.1, -0.05) is 17.7 Å². The summed E-state index contributed by atoms with van der Waals surface area (Å²) in [6.45, 7) is 3.33. The van der Waals surface area contributed by atoms with Crippen LogP contribution in [0, 0.1) is 18.6 Å². The van der Waals surface area contributed by atoms with E-state index in [1.165, 1.54) is 6.92 Å². The maximum absolute atomic E-state index is 13.5. The summed E-state index contributed by atoms with van der Waals surface area (Å²) >= 11 is 0. The van der Waals surface area contributed by atoms with Crippen LogP contribution < -0.4 is 10.6 Å². The summed E-state index contributed by atoms with van der Waals surface area (Å²) < 4.78 is 26.3. The largest absolute Gasteiger partial charge is 0.341 e. The van der Waals surface area contributed by atoms with E-state index in [1.54, 1.807) is 18.2 Å². The van der Waals surface area contributed by atoms with Crippen molar-refractivity contribution in [3.63, 3.8) is 0 Å². The summed E-state index contributed by atoms with van der Waals surface area (Å²) in [5.74, 6) is -2.62. The Balaban J connectivity index is 2.01. The predicted octanol–water partition coefficient (Wildman–Crippen LogP) is 3.03. The van der Waals surface area contributed by atoms with Crippen LogP contribution in [-0.2, 0) is 4.79 Å². The maximum atomic E-state index is 13.5. The van der Waals surface area contributed by atoms with Gasteiger partial charge >= 0.3 is 0 Å². The number of hydrogen-bond donors (Lipinski definition) is 2. The second-order valence-corrected chi connectivity index (χ2v) is 5.18. The molecule has 2 rings (SSSR count). The van der Waals surface area contributed by atoms with Crippen molar-refractivity contribution in [1.29, 1.82) is 0 Å². The molecule has 0 saturated carbocycles. The number of anilines is 1. The summed E-state index contributed by atoms with van der Waals surface area (Å²) in [6.07, 6.45) is 0. The Morgan fingerprint density at radius 2 is 1.83 bits per heavy atom. The number of carbonyl (C=O) groups excluding carboxylic acids is 2. The van der Waals surface area contributed by atoms with Gasteiger partial charge in [-0.25, -0.2) is 8.78 Å². The number of halogens is 2.